The van der Waals surface area contributed by atoms with E-state index in [1.54, 1.807) is 24.3 Å². The molecule has 11 heteroatoms. The number of hydrogen-bond acceptors (Lipinski definition) is 8. The molecule has 0 fully saturated rings. The van der Waals surface area contributed by atoms with Gasteiger partial charge < -0.3 is 14.0 Å². The van der Waals surface area contributed by atoms with Crippen molar-refractivity contribution in [3.63, 3.8) is 0 Å². The Morgan fingerprint density at radius 1 is 1.09 bits per heavy atom. The van der Waals surface area contributed by atoms with Gasteiger partial charge in [-0.25, -0.2) is 0 Å². The molecule has 1 N–H and O–H groups in total. The minimum absolute atomic E-state index is 0.0295. The monoisotopic (exact) mass is 458 g/mol. The molecule has 1 amide bonds. The van der Waals surface area contributed by atoms with Crippen molar-refractivity contribution in [2.45, 2.75) is 13.5 Å². The lowest BCUT2D eigenvalue weighted by atomic mass is 10.1. The van der Waals surface area contributed by atoms with Crippen molar-refractivity contribution in [1.29, 1.82) is 0 Å². The van der Waals surface area contributed by atoms with Crippen LogP contribution < -0.4 is 14.8 Å². The molecule has 4 aromatic rings. The van der Waals surface area contributed by atoms with Crippen molar-refractivity contribution in [2.24, 2.45) is 0 Å². The number of nitrogens with one attached hydrogen (secondary N) is 1. The molecule has 0 radical (unpaired) electrons. The second-order valence-corrected chi connectivity index (χ2v) is 7.07. The second kappa shape index (κ2) is 9.52. The molecule has 32 heavy (non-hydrogen) atoms. The van der Waals surface area contributed by atoms with Gasteiger partial charge in [0, 0.05) is 28.7 Å². The molecule has 4 rings (SSSR count). The van der Waals surface area contributed by atoms with E-state index in [1.807, 2.05) is 19.1 Å². The van der Waals surface area contributed by atoms with Crippen LogP contribution in [0.3, 0.4) is 0 Å². The van der Waals surface area contributed by atoms with Gasteiger partial charge in [0.25, 0.3) is 5.91 Å². The Morgan fingerprint density at radius 3 is 2.47 bits per heavy atom. The van der Waals surface area contributed by atoms with E-state index in [0.29, 0.717) is 23.8 Å². The third-order valence-electron chi connectivity index (χ3n) is 4.18. The van der Waals surface area contributed by atoms with E-state index in [-0.39, 0.29) is 16.6 Å². The molecule has 2 aromatic heterocycles. The molecule has 2 heterocycles. The Hall–Kier alpha value is -3.86. The van der Waals surface area contributed by atoms with Crippen LogP contribution in [0.15, 0.2) is 59.1 Å². The SMILES string of the molecule is CCOc1ccc(-c2cc(C(=O)Nc3nc(-c4ccc(OC(F)F)cc4)ns3)no2)cc1. The zero-order valence-corrected chi connectivity index (χ0v) is 17.4. The van der Waals surface area contributed by atoms with Crippen LogP contribution in [0.2, 0.25) is 0 Å². The van der Waals surface area contributed by atoms with E-state index in [0.717, 1.165) is 22.8 Å². The van der Waals surface area contributed by atoms with Crippen LogP contribution in [0.25, 0.3) is 22.7 Å². The molecule has 0 aliphatic heterocycles. The van der Waals surface area contributed by atoms with Crippen LogP contribution in [-0.4, -0.2) is 33.6 Å². The predicted octanol–water partition coefficient (Wildman–Crippen LogP) is 5.11. The summed E-state index contributed by atoms with van der Waals surface area (Å²) < 4.78 is 43.7. The number of ether oxygens (including phenoxy) is 2. The Labute approximate surface area is 185 Å². The summed E-state index contributed by atoms with van der Waals surface area (Å²) in [6.07, 6.45) is 0. The van der Waals surface area contributed by atoms with Gasteiger partial charge in [-0.05, 0) is 55.5 Å². The predicted molar refractivity (Wildman–Crippen MR) is 113 cm³/mol. The number of anilines is 1. The van der Waals surface area contributed by atoms with Crippen molar-refractivity contribution < 1.29 is 27.6 Å². The van der Waals surface area contributed by atoms with Gasteiger partial charge in [-0.15, -0.1) is 0 Å². The number of halogens is 2. The van der Waals surface area contributed by atoms with Crippen LogP contribution in [0.4, 0.5) is 13.9 Å². The second-order valence-electron chi connectivity index (χ2n) is 6.31. The van der Waals surface area contributed by atoms with E-state index < -0.39 is 12.5 Å². The quantitative estimate of drug-likeness (QED) is 0.392. The Bertz CT molecular complexity index is 1190. The number of aromatic nitrogens is 3. The van der Waals surface area contributed by atoms with Gasteiger partial charge in [-0.2, -0.15) is 18.1 Å². The molecule has 0 atom stereocenters. The first kappa shape index (κ1) is 21.4. The van der Waals surface area contributed by atoms with Gasteiger partial charge >= 0.3 is 6.61 Å². The Morgan fingerprint density at radius 2 is 1.78 bits per heavy atom. The van der Waals surface area contributed by atoms with Gasteiger partial charge in [0.1, 0.15) is 11.5 Å². The summed E-state index contributed by atoms with van der Waals surface area (Å²) >= 11 is 0.975. The summed E-state index contributed by atoms with van der Waals surface area (Å²) in [5.41, 5.74) is 1.42. The lowest BCUT2D eigenvalue weighted by Crippen LogP contribution is -2.11. The molecule has 0 saturated heterocycles. The van der Waals surface area contributed by atoms with Crippen molar-refractivity contribution in [3.05, 3.63) is 60.3 Å². The van der Waals surface area contributed by atoms with Crippen molar-refractivity contribution in [2.75, 3.05) is 11.9 Å². The topological polar surface area (TPSA) is 99.4 Å². The third kappa shape index (κ3) is 5.06. The Kier molecular flexibility index (Phi) is 6.36. The van der Waals surface area contributed by atoms with E-state index in [4.69, 9.17) is 9.26 Å². The number of benzene rings is 2. The first-order valence-corrected chi connectivity index (χ1v) is 10.2. The number of carbonyl (C=O) groups is 1. The van der Waals surface area contributed by atoms with E-state index in [2.05, 4.69) is 24.6 Å². The maximum atomic E-state index is 12.5. The molecule has 0 saturated carbocycles. The molecule has 8 nitrogen and oxygen atoms in total. The summed E-state index contributed by atoms with van der Waals surface area (Å²) in [5, 5.41) is 6.68. The Balaban J connectivity index is 1.41. The van der Waals surface area contributed by atoms with E-state index >= 15 is 0 Å². The van der Waals surface area contributed by atoms with Gasteiger partial charge in [0.15, 0.2) is 17.3 Å². The van der Waals surface area contributed by atoms with Gasteiger partial charge in [0.05, 0.1) is 6.61 Å². The molecule has 0 aliphatic carbocycles. The number of carbonyl (C=O) groups excluding carboxylic acids is 1. The zero-order valence-electron chi connectivity index (χ0n) is 16.6. The first-order chi connectivity index (χ1) is 15.5. The lowest BCUT2D eigenvalue weighted by Gasteiger charge is -2.03. The summed E-state index contributed by atoms with van der Waals surface area (Å²) in [6, 6.07) is 14.6. The average molecular weight is 458 g/mol. The van der Waals surface area contributed by atoms with Crippen molar-refractivity contribution in [1.82, 2.24) is 14.5 Å². The van der Waals surface area contributed by atoms with Gasteiger partial charge in [-0.3, -0.25) is 10.1 Å². The van der Waals surface area contributed by atoms with Crippen LogP contribution in [-0.2, 0) is 0 Å². The van der Waals surface area contributed by atoms with E-state index in [1.165, 1.54) is 18.2 Å². The summed E-state index contributed by atoms with van der Waals surface area (Å²) in [6.45, 7) is -0.429. The summed E-state index contributed by atoms with van der Waals surface area (Å²) in [7, 11) is 0. The number of alkyl halides is 2. The summed E-state index contributed by atoms with van der Waals surface area (Å²) in [4.78, 5) is 16.7. The molecule has 2 aromatic carbocycles. The largest absolute Gasteiger partial charge is 0.494 e. The fraction of sp³-hybridized carbons (Fsp3) is 0.143. The standard InChI is InChI=1S/C21H16F2N4O4S/c1-2-29-14-7-3-12(4-8-14)17-11-16(26-31-17)19(28)25-21-24-18(27-32-21)13-5-9-15(10-6-13)30-20(22)23/h3-11,20H,2H2,1H3,(H,24,25,27,28). The highest BCUT2D eigenvalue weighted by Crippen LogP contribution is 2.26. The minimum atomic E-state index is -2.90. The van der Waals surface area contributed by atoms with Crippen LogP contribution in [0.5, 0.6) is 11.5 Å². The number of amides is 1. The van der Waals surface area contributed by atoms with Crippen LogP contribution in [0.1, 0.15) is 17.4 Å². The highest BCUT2D eigenvalue weighted by molar-refractivity contribution is 7.10. The fourth-order valence-electron chi connectivity index (χ4n) is 2.74. The molecule has 164 valence electrons. The molecular formula is C21H16F2N4O4S. The van der Waals surface area contributed by atoms with Crippen molar-refractivity contribution >= 4 is 22.6 Å². The van der Waals surface area contributed by atoms with Crippen LogP contribution in [0, 0.1) is 0 Å². The highest BCUT2D eigenvalue weighted by Gasteiger charge is 2.16. The van der Waals surface area contributed by atoms with Gasteiger partial charge in [-0.1, -0.05) is 5.16 Å². The van der Waals surface area contributed by atoms with Crippen molar-refractivity contribution in [3.8, 4) is 34.2 Å². The summed E-state index contributed by atoms with van der Waals surface area (Å²) in [5.74, 6) is 1.03. The fourth-order valence-corrected chi connectivity index (χ4v) is 3.32. The van der Waals surface area contributed by atoms with Gasteiger partial charge in [0.2, 0.25) is 5.13 Å². The molecule has 0 bridgehead atoms. The normalized spacial score (nSPS) is 10.9. The number of hydrogen-bond donors (Lipinski definition) is 1. The molecule has 0 aliphatic rings. The smallest absolute Gasteiger partial charge is 0.387 e. The molecular weight excluding hydrogens is 442 g/mol. The zero-order chi connectivity index (χ0) is 22.5. The van der Waals surface area contributed by atoms with Crippen LogP contribution >= 0.6 is 11.5 Å². The first-order valence-electron chi connectivity index (χ1n) is 9.42. The lowest BCUT2D eigenvalue weighted by molar-refractivity contribution is -0.0498. The number of rotatable bonds is 8. The third-order valence-corrected chi connectivity index (χ3v) is 4.81. The maximum Gasteiger partial charge on any atom is 0.387 e. The molecule has 0 unspecified atom stereocenters. The van der Waals surface area contributed by atoms with E-state index in [9.17, 15) is 13.6 Å². The molecule has 0 spiro atoms. The minimum Gasteiger partial charge on any atom is -0.494 e. The highest BCUT2D eigenvalue weighted by atomic mass is 32.1. The average Bonchev–Trinajstić information content (AvgIpc) is 3.45. The number of nitrogens with zero attached hydrogens (tertiary/aromatic N) is 3. The maximum absolute atomic E-state index is 12.5.